The van der Waals surface area contributed by atoms with Gasteiger partial charge >= 0.3 is 0 Å². The largest absolute Gasteiger partial charge is 0.497 e. The van der Waals surface area contributed by atoms with Crippen LogP contribution in [0.3, 0.4) is 0 Å². The molecular weight excluding hydrogens is 270 g/mol. The van der Waals surface area contributed by atoms with E-state index in [2.05, 4.69) is 76.9 Å². The minimum atomic E-state index is 0.0704. The number of nitrogens with zero attached hydrogens (tertiary/aromatic N) is 1. The fraction of sp³-hybridized carbons (Fsp3) is 0.500. The number of methoxy groups -OCH3 is 1. The second-order valence-corrected chi connectivity index (χ2v) is 7.98. The van der Waals surface area contributed by atoms with Crippen LogP contribution in [-0.2, 0) is 0 Å². The number of hydrogen-bond acceptors (Lipinski definition) is 2. The van der Waals surface area contributed by atoms with E-state index < -0.39 is 0 Å². The molecule has 1 aromatic carbocycles. The number of hydrogen-bond donors (Lipinski definition) is 0. The van der Waals surface area contributed by atoms with Crippen LogP contribution in [-0.4, -0.2) is 17.5 Å². The lowest BCUT2D eigenvalue weighted by Gasteiger charge is -2.43. The quantitative estimate of drug-likeness (QED) is 0.731. The van der Waals surface area contributed by atoms with Crippen LogP contribution in [0.5, 0.6) is 5.75 Å². The first-order valence-electron chi connectivity index (χ1n) is 7.96. The first-order chi connectivity index (χ1) is 10.1. The molecule has 0 fully saturated rings. The normalized spacial score (nSPS) is 19.1. The molecule has 2 heteroatoms. The minimum absolute atomic E-state index is 0.0704. The SMILES string of the molecule is COc1ccc(C2C=C(C(C)(C)C)C=CN2C(C)(C)C)cc1. The van der Waals surface area contributed by atoms with Gasteiger partial charge in [-0.15, -0.1) is 0 Å². The van der Waals surface area contributed by atoms with Gasteiger partial charge in [0.15, 0.2) is 0 Å². The highest BCUT2D eigenvalue weighted by Gasteiger charge is 2.30. The summed E-state index contributed by atoms with van der Waals surface area (Å²) in [7, 11) is 1.71. The van der Waals surface area contributed by atoms with Crippen molar-refractivity contribution < 1.29 is 4.74 Å². The van der Waals surface area contributed by atoms with Crippen molar-refractivity contribution in [2.24, 2.45) is 5.41 Å². The Labute approximate surface area is 135 Å². The van der Waals surface area contributed by atoms with Crippen LogP contribution in [0.15, 0.2) is 48.2 Å². The Morgan fingerprint density at radius 3 is 2.00 bits per heavy atom. The van der Waals surface area contributed by atoms with E-state index in [0.29, 0.717) is 0 Å². The van der Waals surface area contributed by atoms with Gasteiger partial charge in [0.05, 0.1) is 13.2 Å². The molecule has 0 radical (unpaired) electrons. The third-order valence-corrected chi connectivity index (χ3v) is 4.15. The van der Waals surface area contributed by atoms with Gasteiger partial charge in [0.1, 0.15) is 5.75 Å². The average molecular weight is 299 g/mol. The molecule has 0 spiro atoms. The van der Waals surface area contributed by atoms with Gasteiger partial charge in [0.25, 0.3) is 0 Å². The van der Waals surface area contributed by atoms with Crippen molar-refractivity contribution in [1.29, 1.82) is 0 Å². The Morgan fingerprint density at radius 1 is 0.955 bits per heavy atom. The Hall–Kier alpha value is -1.70. The van der Waals surface area contributed by atoms with Crippen LogP contribution in [0.1, 0.15) is 53.1 Å². The van der Waals surface area contributed by atoms with Gasteiger partial charge in [-0.25, -0.2) is 0 Å². The highest BCUT2D eigenvalue weighted by Crippen LogP contribution is 2.39. The van der Waals surface area contributed by atoms with Crippen LogP contribution >= 0.6 is 0 Å². The average Bonchev–Trinajstić information content (AvgIpc) is 2.45. The van der Waals surface area contributed by atoms with Crippen molar-refractivity contribution in [2.45, 2.75) is 53.1 Å². The summed E-state index contributed by atoms with van der Waals surface area (Å²) >= 11 is 0. The highest BCUT2D eigenvalue weighted by molar-refractivity contribution is 5.38. The van der Waals surface area contributed by atoms with Crippen LogP contribution in [0.2, 0.25) is 0 Å². The monoisotopic (exact) mass is 299 g/mol. The second-order valence-electron chi connectivity index (χ2n) is 7.98. The molecule has 0 saturated carbocycles. The lowest BCUT2D eigenvalue weighted by atomic mass is 9.82. The molecule has 0 aliphatic carbocycles. The van der Waals surface area contributed by atoms with Gasteiger partial charge in [0.2, 0.25) is 0 Å². The van der Waals surface area contributed by atoms with Crippen molar-refractivity contribution in [3.8, 4) is 5.75 Å². The predicted molar refractivity (Wildman–Crippen MR) is 94.0 cm³/mol. The Kier molecular flexibility index (Phi) is 4.42. The molecule has 1 heterocycles. The fourth-order valence-corrected chi connectivity index (χ4v) is 2.76. The van der Waals surface area contributed by atoms with Gasteiger partial charge in [0, 0.05) is 11.7 Å². The molecule has 2 rings (SSSR count). The highest BCUT2D eigenvalue weighted by atomic mass is 16.5. The van der Waals surface area contributed by atoms with Crippen molar-refractivity contribution in [2.75, 3.05) is 7.11 Å². The topological polar surface area (TPSA) is 12.5 Å². The summed E-state index contributed by atoms with van der Waals surface area (Å²) in [6, 6.07) is 8.67. The maximum absolute atomic E-state index is 5.28. The molecule has 0 amide bonds. The smallest absolute Gasteiger partial charge is 0.118 e. The summed E-state index contributed by atoms with van der Waals surface area (Å²) in [5.74, 6) is 0.900. The molecular formula is C20H29NO. The summed E-state index contributed by atoms with van der Waals surface area (Å²) in [6.07, 6.45) is 6.90. The maximum Gasteiger partial charge on any atom is 0.118 e. The Morgan fingerprint density at radius 2 is 1.55 bits per heavy atom. The number of allylic oxidation sites excluding steroid dienone is 2. The fourth-order valence-electron chi connectivity index (χ4n) is 2.76. The van der Waals surface area contributed by atoms with E-state index >= 15 is 0 Å². The summed E-state index contributed by atoms with van der Waals surface area (Å²) in [5, 5.41) is 0. The maximum atomic E-state index is 5.28. The van der Waals surface area contributed by atoms with Crippen molar-refractivity contribution in [3.63, 3.8) is 0 Å². The Balaban J connectivity index is 2.44. The molecule has 0 N–H and O–H groups in total. The molecule has 1 aliphatic heterocycles. The molecule has 120 valence electrons. The summed E-state index contributed by atoms with van der Waals surface area (Å²) < 4.78 is 5.28. The molecule has 1 atom stereocenters. The van der Waals surface area contributed by atoms with Crippen LogP contribution in [0.4, 0.5) is 0 Å². The van der Waals surface area contributed by atoms with Crippen LogP contribution in [0, 0.1) is 5.41 Å². The molecule has 0 aromatic heterocycles. The van der Waals surface area contributed by atoms with E-state index in [1.54, 1.807) is 7.11 Å². The minimum Gasteiger partial charge on any atom is -0.497 e. The lowest BCUT2D eigenvalue weighted by molar-refractivity contribution is 0.166. The van der Waals surface area contributed by atoms with Gasteiger partial charge in [-0.2, -0.15) is 0 Å². The summed E-state index contributed by atoms with van der Waals surface area (Å²) in [6.45, 7) is 13.6. The van der Waals surface area contributed by atoms with E-state index in [1.807, 2.05) is 12.1 Å². The number of rotatable bonds is 2. The Bertz CT molecular complexity index is 567. The first kappa shape index (κ1) is 16.7. The van der Waals surface area contributed by atoms with Crippen LogP contribution < -0.4 is 4.74 Å². The number of ether oxygens (including phenoxy) is 1. The molecule has 1 unspecified atom stereocenters. The zero-order valence-corrected chi connectivity index (χ0v) is 15.0. The zero-order chi connectivity index (χ0) is 16.5. The standard InChI is InChI=1S/C20H29NO/c1-19(2,3)16-12-13-21(20(4,5)6)18(14-16)15-8-10-17(22-7)11-9-15/h8-14,18H,1-7H3. The van der Waals surface area contributed by atoms with Gasteiger partial charge < -0.3 is 9.64 Å². The van der Waals surface area contributed by atoms with E-state index in [-0.39, 0.29) is 17.0 Å². The third-order valence-electron chi connectivity index (χ3n) is 4.15. The summed E-state index contributed by atoms with van der Waals surface area (Å²) in [4.78, 5) is 2.42. The molecule has 1 aromatic rings. The van der Waals surface area contributed by atoms with Crippen molar-refractivity contribution in [1.82, 2.24) is 4.90 Å². The molecule has 1 aliphatic rings. The van der Waals surface area contributed by atoms with E-state index in [9.17, 15) is 0 Å². The van der Waals surface area contributed by atoms with Gasteiger partial charge in [-0.3, -0.25) is 0 Å². The molecule has 0 saturated heterocycles. The summed E-state index contributed by atoms with van der Waals surface area (Å²) in [5.41, 5.74) is 2.90. The number of benzene rings is 1. The van der Waals surface area contributed by atoms with E-state index in [0.717, 1.165) is 5.75 Å². The van der Waals surface area contributed by atoms with E-state index in [1.165, 1.54) is 11.1 Å². The first-order valence-corrected chi connectivity index (χ1v) is 7.96. The van der Waals surface area contributed by atoms with Gasteiger partial charge in [-0.05, 0) is 55.5 Å². The van der Waals surface area contributed by atoms with Crippen LogP contribution in [0.25, 0.3) is 0 Å². The predicted octanol–water partition coefficient (Wildman–Crippen LogP) is 5.34. The molecule has 0 bridgehead atoms. The third kappa shape index (κ3) is 3.55. The van der Waals surface area contributed by atoms with E-state index in [4.69, 9.17) is 4.74 Å². The van der Waals surface area contributed by atoms with Crippen molar-refractivity contribution >= 4 is 0 Å². The van der Waals surface area contributed by atoms with Gasteiger partial charge in [-0.1, -0.05) is 39.0 Å². The van der Waals surface area contributed by atoms with Crippen molar-refractivity contribution in [3.05, 3.63) is 53.8 Å². The zero-order valence-electron chi connectivity index (χ0n) is 15.0. The lowest BCUT2D eigenvalue weighted by Crippen LogP contribution is -2.41. The molecule has 22 heavy (non-hydrogen) atoms. The second kappa shape index (κ2) is 5.83. The molecule has 2 nitrogen and oxygen atoms in total.